The molecule has 0 radical (unpaired) electrons. The Bertz CT molecular complexity index is 3240. The van der Waals surface area contributed by atoms with Crippen LogP contribution in [0.15, 0.2) is 0 Å². The second-order valence-electron chi connectivity index (χ2n) is 26.7. The van der Waals surface area contributed by atoms with Gasteiger partial charge in [0, 0.05) is 34.5 Å². The molecule has 434 valence electrons. The average molecular weight is 1200 g/mol. The van der Waals surface area contributed by atoms with Crippen LogP contribution in [0.25, 0.3) is 0 Å². The third kappa shape index (κ3) is 6.68. The lowest BCUT2D eigenvalue weighted by Gasteiger charge is -2.49. The predicted octanol–water partition coefficient (Wildman–Crippen LogP) is 6.97. The van der Waals surface area contributed by atoms with Crippen LogP contribution in [0.5, 0.6) is 0 Å². The van der Waals surface area contributed by atoms with Crippen LogP contribution in [0, 0.1) is 128 Å². The molecule has 10 aliphatic carbocycles. The standard InChI is InChI=1S/C13H22O3S.2C9H11F3O3S.2C9H11NO3S/c1-8-11(4)7-9-12(8,5)13(6,10(11,2)3)16-17(9,14)15;1-4-5-2-6-7(4)15-16(13,14)8(6,3-5)9(10,11)12;1-3-4-2-5-7(3)15-16(13,14)8(5)6(4)9(10,11)12;1-5-6-2-7-8(5)13-14(11,12)9(7,3-6)4-10;1-4-5-2-6-8(4)13-14(11,12)9(6)7(5)3-10/h8-9H,7H2,1-6H3;4-7H,2-3H2,1H3;3-8H,2H2,1H3;5-8H,2-3H2,1H3;4-9H,2H2,1H3. The van der Waals surface area contributed by atoms with E-state index >= 15 is 0 Å². The molecule has 0 aromatic carbocycles. The van der Waals surface area contributed by atoms with E-state index in [-0.39, 0.29) is 87.5 Å². The maximum absolute atomic E-state index is 13.1. The zero-order valence-electron chi connectivity index (χ0n) is 44.0. The molecular formula is C49H66F6N2O15S5. The fourth-order valence-electron chi connectivity index (χ4n) is 19.8. The van der Waals surface area contributed by atoms with Crippen LogP contribution < -0.4 is 0 Å². The van der Waals surface area contributed by atoms with Crippen LogP contribution >= 0.6 is 0 Å². The summed E-state index contributed by atoms with van der Waals surface area (Å²) < 4.78 is 217. The van der Waals surface area contributed by atoms with E-state index in [1.54, 1.807) is 13.8 Å². The number of hydrogen-bond donors (Lipinski definition) is 0. The van der Waals surface area contributed by atoms with Gasteiger partial charge in [-0.25, -0.2) is 0 Å². The van der Waals surface area contributed by atoms with Crippen LogP contribution in [0.1, 0.15) is 114 Å². The monoisotopic (exact) mass is 1200 g/mol. The summed E-state index contributed by atoms with van der Waals surface area (Å²) in [6, 6.07) is 4.15. The molecule has 10 saturated carbocycles. The van der Waals surface area contributed by atoms with E-state index in [1.165, 1.54) is 0 Å². The first-order chi connectivity index (χ1) is 35.0. The summed E-state index contributed by atoms with van der Waals surface area (Å²) in [6.45, 7) is 20.4. The quantitative estimate of drug-likeness (QED) is 0.175. The SMILES string of the molecule is CC1C2(C)CC3C1(C)C(C)(OS3(=O)=O)C2(C)C.CC1C2CC3C1OS(=O)(=O)C3(C#N)C2.CC1C2CC3C1OS(=O)(=O)C3(C(F)(F)F)C2.CC1C2CC3C1OS(=O)(=O)C3C2C#N.CC1C2CC3C1OS(=O)(=O)C3C2C(F)(F)F. The molecule has 27 atom stereocenters. The second kappa shape index (κ2) is 16.3. The van der Waals surface area contributed by atoms with Gasteiger partial charge < -0.3 is 0 Å². The molecule has 10 bridgehead atoms. The molecule has 17 nitrogen and oxygen atoms in total. The van der Waals surface area contributed by atoms with Gasteiger partial charge in [-0.1, -0.05) is 62.3 Å². The summed E-state index contributed by atoms with van der Waals surface area (Å²) in [5, 5.41) is 15.9. The molecule has 0 spiro atoms. The van der Waals surface area contributed by atoms with Gasteiger partial charge >= 0.3 is 12.4 Å². The predicted molar refractivity (Wildman–Crippen MR) is 257 cm³/mol. The summed E-state index contributed by atoms with van der Waals surface area (Å²) in [5.41, 5.74) is -0.876. The minimum absolute atomic E-state index is 0.0464. The highest BCUT2D eigenvalue weighted by molar-refractivity contribution is 7.89. The zero-order chi connectivity index (χ0) is 57.1. The van der Waals surface area contributed by atoms with Crippen LogP contribution in [0.4, 0.5) is 26.3 Å². The molecule has 0 amide bonds. The molecule has 15 fully saturated rings. The molecule has 5 saturated heterocycles. The number of rotatable bonds is 0. The third-order valence-electron chi connectivity index (χ3n) is 24.7. The van der Waals surface area contributed by atoms with Crippen LogP contribution in [-0.2, 0) is 71.5 Å². The maximum atomic E-state index is 13.1. The van der Waals surface area contributed by atoms with Crippen molar-refractivity contribution in [1.82, 2.24) is 0 Å². The van der Waals surface area contributed by atoms with Gasteiger partial charge in [0.2, 0.25) is 0 Å². The molecule has 5 heterocycles. The Hall–Kier alpha value is -1.89. The van der Waals surface area contributed by atoms with Gasteiger partial charge in [0.1, 0.15) is 10.5 Å². The summed E-state index contributed by atoms with van der Waals surface area (Å²) in [6.07, 6.45) is -7.53. The van der Waals surface area contributed by atoms with E-state index in [0.29, 0.717) is 37.0 Å². The lowest BCUT2D eigenvalue weighted by Crippen LogP contribution is -2.54. The van der Waals surface area contributed by atoms with E-state index < -0.39 is 124 Å². The fraction of sp³-hybridized carbons (Fsp3) is 0.959. The largest absolute Gasteiger partial charge is 0.410 e. The number of nitrogens with zero attached hydrogens (tertiary/aromatic N) is 2. The molecule has 0 N–H and O–H groups in total. The molecule has 5 aliphatic heterocycles. The molecule has 0 aromatic rings. The molecular weight excluding hydrogens is 1130 g/mol. The highest BCUT2D eigenvalue weighted by atomic mass is 32.2. The van der Waals surface area contributed by atoms with E-state index in [9.17, 15) is 68.4 Å². The number of halogens is 6. The number of alkyl halides is 6. The minimum atomic E-state index is -4.72. The number of nitriles is 2. The maximum Gasteiger partial charge on any atom is 0.410 e. The van der Waals surface area contributed by atoms with E-state index in [4.69, 9.17) is 31.4 Å². The Labute approximate surface area is 447 Å². The van der Waals surface area contributed by atoms with Gasteiger partial charge in [-0.3, -0.25) is 20.9 Å². The van der Waals surface area contributed by atoms with Gasteiger partial charge in [-0.2, -0.15) is 79.0 Å². The van der Waals surface area contributed by atoms with Crippen LogP contribution in [0.2, 0.25) is 0 Å². The van der Waals surface area contributed by atoms with Crippen molar-refractivity contribution in [2.45, 2.75) is 182 Å². The Morgan fingerprint density at radius 3 is 1.53 bits per heavy atom. The Morgan fingerprint density at radius 2 is 1.04 bits per heavy atom. The first-order valence-electron chi connectivity index (χ1n) is 26.6. The van der Waals surface area contributed by atoms with Crippen molar-refractivity contribution >= 4 is 50.6 Å². The lowest BCUT2D eigenvalue weighted by molar-refractivity contribution is -0.190. The Morgan fingerprint density at radius 1 is 0.545 bits per heavy atom. The van der Waals surface area contributed by atoms with Crippen molar-refractivity contribution < 1.29 is 89.3 Å². The fourth-order valence-corrected chi connectivity index (χ4v) is 30.6. The number of fused-ring (bicyclic) bond motifs is 5. The topological polar surface area (TPSA) is 264 Å². The van der Waals surface area contributed by atoms with Gasteiger partial charge in [-0.05, 0) is 111 Å². The Balaban J connectivity index is 0.000000103. The van der Waals surface area contributed by atoms with Gasteiger partial charge in [0.25, 0.3) is 50.6 Å². The van der Waals surface area contributed by atoms with Crippen molar-refractivity contribution in [3.05, 3.63) is 0 Å². The molecule has 15 aliphatic rings. The second-order valence-corrected chi connectivity index (χ2v) is 35.5. The molecule has 15 rings (SSSR count). The van der Waals surface area contributed by atoms with Crippen molar-refractivity contribution in [2.24, 2.45) is 105 Å². The van der Waals surface area contributed by atoms with Crippen molar-refractivity contribution in [2.75, 3.05) is 0 Å². The van der Waals surface area contributed by atoms with Gasteiger partial charge in [0.15, 0.2) is 9.49 Å². The van der Waals surface area contributed by atoms with E-state index in [2.05, 4.69) is 40.7 Å². The molecule has 27 unspecified atom stereocenters. The number of hydrogen-bond acceptors (Lipinski definition) is 17. The lowest BCUT2D eigenvalue weighted by atomic mass is 9.57. The van der Waals surface area contributed by atoms with Crippen molar-refractivity contribution in [1.29, 1.82) is 10.5 Å². The zero-order valence-corrected chi connectivity index (χ0v) is 48.1. The highest BCUT2D eigenvalue weighted by Gasteiger charge is 2.86. The molecule has 0 aromatic heterocycles. The summed E-state index contributed by atoms with van der Waals surface area (Å²) in [4.78, 5) is 0. The third-order valence-corrected chi connectivity index (χ3v) is 34.2. The smallest absolute Gasteiger partial charge is 0.266 e. The van der Waals surface area contributed by atoms with Crippen molar-refractivity contribution in [3.63, 3.8) is 0 Å². The first kappa shape index (κ1) is 56.9. The molecule has 77 heavy (non-hydrogen) atoms. The van der Waals surface area contributed by atoms with Crippen molar-refractivity contribution in [3.8, 4) is 12.1 Å². The van der Waals surface area contributed by atoms with E-state index in [0.717, 1.165) is 19.3 Å². The van der Waals surface area contributed by atoms with E-state index in [1.807, 2.05) is 26.8 Å². The van der Waals surface area contributed by atoms with Gasteiger partial charge in [0.05, 0.1) is 59.2 Å². The van der Waals surface area contributed by atoms with Crippen LogP contribution in [0.3, 0.4) is 0 Å². The van der Waals surface area contributed by atoms with Gasteiger partial charge in [-0.15, -0.1) is 0 Å². The first-order valence-corrected chi connectivity index (χ1v) is 33.8. The summed E-state index contributed by atoms with van der Waals surface area (Å²) >= 11 is 0. The highest BCUT2D eigenvalue weighted by Crippen LogP contribution is 2.82. The van der Waals surface area contributed by atoms with Crippen LogP contribution in [-0.4, -0.2) is 110 Å². The average Bonchev–Trinajstić information content (AvgIpc) is 4.18. The summed E-state index contributed by atoms with van der Waals surface area (Å²) in [5.74, 6) is -3.06. The molecule has 28 heteroatoms. The summed E-state index contributed by atoms with van der Waals surface area (Å²) in [7, 11) is -19.0. The Kier molecular flexibility index (Phi) is 12.0. The normalized spacial score (nSPS) is 56.8. The minimum Gasteiger partial charge on any atom is -0.266 e.